The zero-order valence-corrected chi connectivity index (χ0v) is 14.1. The van der Waals surface area contributed by atoms with Crippen molar-refractivity contribution in [3.05, 3.63) is 24.0 Å². The minimum atomic E-state index is -0.100. The first-order valence-corrected chi connectivity index (χ1v) is 7.96. The van der Waals surface area contributed by atoms with Crippen LogP contribution in [0.3, 0.4) is 0 Å². The van der Waals surface area contributed by atoms with E-state index in [1.165, 1.54) is 0 Å². The van der Waals surface area contributed by atoms with Crippen LogP contribution in [0.25, 0.3) is 0 Å². The molecule has 0 amide bonds. The Kier molecular flexibility index (Phi) is 7.00. The molecule has 0 aromatic rings. The fourth-order valence-electron chi connectivity index (χ4n) is 2.36. The molecular formula is C18H30O3. The summed E-state index contributed by atoms with van der Waals surface area (Å²) < 4.78 is 11.0. The van der Waals surface area contributed by atoms with E-state index in [9.17, 15) is 4.79 Å². The number of ether oxygens (including phenoxy) is 2. The van der Waals surface area contributed by atoms with E-state index >= 15 is 0 Å². The summed E-state index contributed by atoms with van der Waals surface area (Å²) in [6, 6.07) is 0. The van der Waals surface area contributed by atoms with Gasteiger partial charge in [0.2, 0.25) is 0 Å². The van der Waals surface area contributed by atoms with Gasteiger partial charge >= 0.3 is 5.97 Å². The molecule has 0 radical (unpaired) electrons. The topological polar surface area (TPSA) is 35.5 Å². The van der Waals surface area contributed by atoms with E-state index in [0.717, 1.165) is 25.0 Å². The molecule has 1 unspecified atom stereocenters. The lowest BCUT2D eigenvalue weighted by Gasteiger charge is -2.27. The molecule has 0 saturated heterocycles. The number of esters is 1. The lowest BCUT2D eigenvalue weighted by molar-refractivity contribution is -0.152. The highest BCUT2D eigenvalue weighted by Gasteiger charge is 2.28. The third-order valence-corrected chi connectivity index (χ3v) is 3.50. The van der Waals surface area contributed by atoms with Crippen molar-refractivity contribution in [2.45, 2.75) is 53.9 Å². The molecule has 3 nitrogen and oxygen atoms in total. The molecule has 3 heteroatoms. The van der Waals surface area contributed by atoms with E-state index in [0.29, 0.717) is 19.1 Å². The molecule has 0 spiro atoms. The molecule has 0 N–H and O–H groups in total. The summed E-state index contributed by atoms with van der Waals surface area (Å²) in [5.41, 5.74) is 0.127. The second-order valence-corrected chi connectivity index (χ2v) is 7.22. The van der Waals surface area contributed by atoms with Crippen molar-refractivity contribution in [3.63, 3.8) is 0 Å². The van der Waals surface area contributed by atoms with Crippen LogP contribution in [0.15, 0.2) is 24.0 Å². The number of carbonyl (C=O) groups excluding carboxylic acids is 1. The van der Waals surface area contributed by atoms with Gasteiger partial charge in [0, 0.05) is 0 Å². The molecule has 1 aliphatic rings. The summed E-state index contributed by atoms with van der Waals surface area (Å²) >= 11 is 0. The van der Waals surface area contributed by atoms with Crippen molar-refractivity contribution < 1.29 is 14.3 Å². The lowest BCUT2D eigenvalue weighted by atomic mass is 9.80. The van der Waals surface area contributed by atoms with Crippen LogP contribution in [-0.4, -0.2) is 19.2 Å². The van der Waals surface area contributed by atoms with Crippen molar-refractivity contribution in [2.24, 2.45) is 17.3 Å². The molecule has 0 bridgehead atoms. The molecule has 0 aromatic heterocycles. The number of hydrogen-bond donors (Lipinski definition) is 0. The van der Waals surface area contributed by atoms with Crippen LogP contribution in [-0.2, 0) is 14.3 Å². The SMILES string of the molecule is CC(C)C(CC(C)(C)C)C(=O)OCCOC1=CCCC=C1. The summed E-state index contributed by atoms with van der Waals surface area (Å²) in [6.07, 6.45) is 9.08. The Labute approximate surface area is 129 Å². The van der Waals surface area contributed by atoms with Gasteiger partial charge in [-0.3, -0.25) is 4.79 Å². The Morgan fingerprint density at radius 1 is 1.24 bits per heavy atom. The molecule has 1 aliphatic carbocycles. The first-order chi connectivity index (χ1) is 9.79. The van der Waals surface area contributed by atoms with Crippen LogP contribution in [0, 0.1) is 17.3 Å². The Bertz CT molecular complexity index is 386. The molecule has 0 saturated carbocycles. The van der Waals surface area contributed by atoms with E-state index in [1.807, 2.05) is 6.08 Å². The van der Waals surface area contributed by atoms with Gasteiger partial charge in [-0.05, 0) is 42.7 Å². The summed E-state index contributed by atoms with van der Waals surface area (Å²) in [4.78, 5) is 12.2. The summed E-state index contributed by atoms with van der Waals surface area (Å²) in [7, 11) is 0. The van der Waals surface area contributed by atoms with Crippen LogP contribution >= 0.6 is 0 Å². The second kappa shape index (κ2) is 8.26. The predicted molar refractivity (Wildman–Crippen MR) is 85.8 cm³/mol. The summed E-state index contributed by atoms with van der Waals surface area (Å²) in [5.74, 6) is 1.03. The van der Waals surface area contributed by atoms with Crippen LogP contribution in [0.5, 0.6) is 0 Å². The standard InChI is InChI=1S/C18H30O3/c1-14(2)16(13-18(3,4)5)17(19)21-12-11-20-15-9-7-6-8-10-15/h7,9-10,14,16H,6,8,11-13H2,1-5H3. The van der Waals surface area contributed by atoms with Gasteiger partial charge in [0.1, 0.15) is 19.0 Å². The molecule has 0 fully saturated rings. The zero-order valence-electron chi connectivity index (χ0n) is 14.1. The van der Waals surface area contributed by atoms with Crippen LogP contribution in [0.4, 0.5) is 0 Å². The molecular weight excluding hydrogens is 264 g/mol. The molecule has 21 heavy (non-hydrogen) atoms. The number of hydrogen-bond acceptors (Lipinski definition) is 3. The first kappa shape index (κ1) is 17.8. The maximum Gasteiger partial charge on any atom is 0.309 e. The Morgan fingerprint density at radius 2 is 1.95 bits per heavy atom. The Balaban J connectivity index is 2.33. The number of carbonyl (C=O) groups is 1. The third kappa shape index (κ3) is 7.35. The average Bonchev–Trinajstić information content (AvgIpc) is 2.40. The normalized spacial score (nSPS) is 16.6. The molecule has 120 valence electrons. The maximum atomic E-state index is 12.2. The smallest absolute Gasteiger partial charge is 0.309 e. The van der Waals surface area contributed by atoms with Gasteiger partial charge in [-0.2, -0.15) is 0 Å². The van der Waals surface area contributed by atoms with Crippen LogP contribution in [0.2, 0.25) is 0 Å². The maximum absolute atomic E-state index is 12.2. The molecule has 0 aliphatic heterocycles. The minimum absolute atomic E-state index is 0.0428. The average molecular weight is 294 g/mol. The van der Waals surface area contributed by atoms with Crippen molar-refractivity contribution in [1.29, 1.82) is 0 Å². The van der Waals surface area contributed by atoms with Gasteiger partial charge in [0.05, 0.1) is 5.92 Å². The van der Waals surface area contributed by atoms with Gasteiger partial charge < -0.3 is 9.47 Å². The van der Waals surface area contributed by atoms with Crippen LogP contribution < -0.4 is 0 Å². The van der Waals surface area contributed by atoms with Crippen molar-refractivity contribution in [1.82, 2.24) is 0 Å². The first-order valence-electron chi connectivity index (χ1n) is 7.96. The summed E-state index contributed by atoms with van der Waals surface area (Å²) in [5, 5.41) is 0. The van der Waals surface area contributed by atoms with Gasteiger partial charge in [0.15, 0.2) is 0 Å². The zero-order chi connectivity index (χ0) is 15.9. The van der Waals surface area contributed by atoms with Crippen molar-refractivity contribution >= 4 is 5.97 Å². The highest BCUT2D eigenvalue weighted by molar-refractivity contribution is 5.72. The van der Waals surface area contributed by atoms with Crippen molar-refractivity contribution in [2.75, 3.05) is 13.2 Å². The molecule has 1 atom stereocenters. The highest BCUT2D eigenvalue weighted by atomic mass is 16.6. The molecule has 0 aromatic carbocycles. The van der Waals surface area contributed by atoms with Gasteiger partial charge in [-0.1, -0.05) is 40.7 Å². The number of allylic oxidation sites excluding steroid dienone is 3. The van der Waals surface area contributed by atoms with Crippen molar-refractivity contribution in [3.8, 4) is 0 Å². The predicted octanol–water partition coefficient (Wildman–Crippen LogP) is 4.49. The molecule has 1 rings (SSSR count). The van der Waals surface area contributed by atoms with E-state index in [1.54, 1.807) is 0 Å². The van der Waals surface area contributed by atoms with Gasteiger partial charge in [-0.25, -0.2) is 0 Å². The largest absolute Gasteiger partial charge is 0.490 e. The lowest BCUT2D eigenvalue weighted by Crippen LogP contribution is -2.28. The van der Waals surface area contributed by atoms with Crippen LogP contribution in [0.1, 0.15) is 53.9 Å². The fraction of sp³-hybridized carbons (Fsp3) is 0.722. The van der Waals surface area contributed by atoms with Gasteiger partial charge in [0.25, 0.3) is 0 Å². The van der Waals surface area contributed by atoms with E-state index in [4.69, 9.17) is 9.47 Å². The number of rotatable bonds is 7. The summed E-state index contributed by atoms with van der Waals surface area (Å²) in [6.45, 7) is 11.3. The third-order valence-electron chi connectivity index (χ3n) is 3.50. The van der Waals surface area contributed by atoms with E-state index in [2.05, 4.69) is 46.8 Å². The van der Waals surface area contributed by atoms with Gasteiger partial charge in [-0.15, -0.1) is 0 Å². The quantitative estimate of drug-likeness (QED) is 0.512. The molecule has 0 heterocycles. The fourth-order valence-corrected chi connectivity index (χ4v) is 2.36. The van der Waals surface area contributed by atoms with E-state index < -0.39 is 0 Å². The second-order valence-electron chi connectivity index (χ2n) is 7.22. The Morgan fingerprint density at radius 3 is 2.48 bits per heavy atom. The minimum Gasteiger partial charge on any atom is -0.490 e. The monoisotopic (exact) mass is 294 g/mol. The Hall–Kier alpha value is -1.25. The van der Waals surface area contributed by atoms with E-state index in [-0.39, 0.29) is 17.3 Å². The highest BCUT2D eigenvalue weighted by Crippen LogP contribution is 2.29.